The first kappa shape index (κ1) is 13.7. The Hall–Kier alpha value is -1.32. The van der Waals surface area contributed by atoms with Crippen LogP contribution in [0, 0.1) is 0 Å². The van der Waals surface area contributed by atoms with E-state index in [0.717, 1.165) is 29.8 Å². The highest BCUT2D eigenvalue weighted by molar-refractivity contribution is 9.10. The molecule has 1 N–H and O–H groups in total. The largest absolute Gasteiger partial charge is 0.493 e. The number of hydrogen-bond acceptors (Lipinski definition) is 2. The van der Waals surface area contributed by atoms with Crippen LogP contribution < -0.4 is 10.1 Å². The van der Waals surface area contributed by atoms with E-state index in [1.807, 2.05) is 0 Å². The van der Waals surface area contributed by atoms with Crippen molar-refractivity contribution in [2.45, 2.75) is 25.9 Å². The van der Waals surface area contributed by atoms with Crippen LogP contribution in [0.15, 0.2) is 46.9 Å². The molecule has 1 unspecified atom stereocenters. The first-order chi connectivity index (χ1) is 9.72. The van der Waals surface area contributed by atoms with Gasteiger partial charge in [-0.1, -0.05) is 40.2 Å². The van der Waals surface area contributed by atoms with Crippen LogP contribution >= 0.6 is 15.9 Å². The van der Waals surface area contributed by atoms with Gasteiger partial charge in [0.2, 0.25) is 0 Å². The van der Waals surface area contributed by atoms with Gasteiger partial charge in [-0.2, -0.15) is 0 Å². The van der Waals surface area contributed by atoms with Gasteiger partial charge >= 0.3 is 0 Å². The van der Waals surface area contributed by atoms with E-state index >= 15 is 0 Å². The van der Waals surface area contributed by atoms with Crippen molar-refractivity contribution in [2.75, 3.05) is 6.61 Å². The molecule has 104 valence electrons. The van der Waals surface area contributed by atoms with Crippen molar-refractivity contribution in [1.82, 2.24) is 5.32 Å². The zero-order valence-corrected chi connectivity index (χ0v) is 13.1. The molecule has 0 amide bonds. The molecular formula is C17H18BrNO. The molecule has 0 radical (unpaired) electrons. The maximum absolute atomic E-state index is 5.53. The highest BCUT2D eigenvalue weighted by Gasteiger charge is 2.12. The van der Waals surface area contributed by atoms with Gasteiger partial charge in [0.25, 0.3) is 0 Å². The van der Waals surface area contributed by atoms with Crippen molar-refractivity contribution < 1.29 is 4.74 Å². The van der Waals surface area contributed by atoms with Crippen molar-refractivity contribution in [3.63, 3.8) is 0 Å². The number of halogens is 1. The summed E-state index contributed by atoms with van der Waals surface area (Å²) < 4.78 is 6.65. The van der Waals surface area contributed by atoms with Crippen LogP contribution in [-0.2, 0) is 13.0 Å². The molecule has 2 nitrogen and oxygen atoms in total. The SMILES string of the molecule is CC(NCc1ccc2c(c1)CCO2)c1ccc(Br)cc1. The Morgan fingerprint density at radius 1 is 1.20 bits per heavy atom. The molecular weight excluding hydrogens is 314 g/mol. The third-order valence-electron chi connectivity index (χ3n) is 3.74. The Bertz CT molecular complexity index is 594. The number of benzene rings is 2. The lowest BCUT2D eigenvalue weighted by atomic mass is 10.1. The summed E-state index contributed by atoms with van der Waals surface area (Å²) in [5.74, 6) is 1.05. The van der Waals surface area contributed by atoms with Gasteiger partial charge < -0.3 is 10.1 Å². The lowest BCUT2D eigenvalue weighted by molar-refractivity contribution is 0.357. The highest BCUT2D eigenvalue weighted by Crippen LogP contribution is 2.26. The third kappa shape index (κ3) is 3.05. The number of ether oxygens (including phenoxy) is 1. The first-order valence-corrected chi connectivity index (χ1v) is 7.75. The normalized spacial score (nSPS) is 14.7. The van der Waals surface area contributed by atoms with Crippen molar-refractivity contribution in [3.8, 4) is 5.75 Å². The zero-order chi connectivity index (χ0) is 13.9. The number of rotatable bonds is 4. The topological polar surface area (TPSA) is 21.3 Å². The molecule has 3 rings (SSSR count). The Kier molecular flexibility index (Phi) is 4.08. The van der Waals surface area contributed by atoms with Crippen LogP contribution in [0.1, 0.15) is 29.7 Å². The van der Waals surface area contributed by atoms with E-state index in [2.05, 4.69) is 70.6 Å². The fraction of sp³-hybridized carbons (Fsp3) is 0.294. The van der Waals surface area contributed by atoms with E-state index in [4.69, 9.17) is 4.74 Å². The average Bonchev–Trinajstić information content (AvgIpc) is 2.93. The lowest BCUT2D eigenvalue weighted by Gasteiger charge is -2.15. The summed E-state index contributed by atoms with van der Waals surface area (Å²) in [7, 11) is 0. The van der Waals surface area contributed by atoms with E-state index in [1.165, 1.54) is 16.7 Å². The van der Waals surface area contributed by atoms with Gasteiger partial charge in [-0.15, -0.1) is 0 Å². The summed E-state index contributed by atoms with van der Waals surface area (Å²) in [6.45, 7) is 3.89. The minimum Gasteiger partial charge on any atom is -0.493 e. The minimum absolute atomic E-state index is 0.340. The maximum Gasteiger partial charge on any atom is 0.122 e. The molecule has 0 spiro atoms. The molecule has 1 aliphatic heterocycles. The van der Waals surface area contributed by atoms with Gasteiger partial charge in [-0.3, -0.25) is 0 Å². The molecule has 0 bridgehead atoms. The monoisotopic (exact) mass is 331 g/mol. The Balaban J connectivity index is 1.63. The summed E-state index contributed by atoms with van der Waals surface area (Å²) in [6, 6.07) is 15.3. The molecule has 2 aromatic carbocycles. The van der Waals surface area contributed by atoms with Crippen LogP contribution in [0.5, 0.6) is 5.75 Å². The molecule has 0 fully saturated rings. The summed E-state index contributed by atoms with van der Waals surface area (Å²) in [5, 5.41) is 3.57. The Morgan fingerprint density at radius 2 is 2.00 bits per heavy atom. The molecule has 0 aliphatic carbocycles. The van der Waals surface area contributed by atoms with Gasteiger partial charge in [0.1, 0.15) is 5.75 Å². The lowest BCUT2D eigenvalue weighted by Crippen LogP contribution is -2.18. The molecule has 2 aromatic rings. The highest BCUT2D eigenvalue weighted by atomic mass is 79.9. The fourth-order valence-corrected chi connectivity index (χ4v) is 2.75. The quantitative estimate of drug-likeness (QED) is 0.904. The average molecular weight is 332 g/mol. The minimum atomic E-state index is 0.340. The van der Waals surface area contributed by atoms with E-state index in [1.54, 1.807) is 0 Å². The van der Waals surface area contributed by atoms with E-state index in [0.29, 0.717) is 6.04 Å². The molecule has 0 saturated heterocycles. The molecule has 1 heterocycles. The summed E-state index contributed by atoms with van der Waals surface area (Å²) in [5.41, 5.74) is 3.96. The number of nitrogens with one attached hydrogen (secondary N) is 1. The predicted molar refractivity (Wildman–Crippen MR) is 85.0 cm³/mol. The molecule has 1 atom stereocenters. The summed E-state index contributed by atoms with van der Waals surface area (Å²) in [6.07, 6.45) is 1.03. The van der Waals surface area contributed by atoms with Crippen LogP contribution in [-0.4, -0.2) is 6.61 Å². The van der Waals surface area contributed by atoms with Gasteiger partial charge in [-0.25, -0.2) is 0 Å². The number of fused-ring (bicyclic) bond motifs is 1. The second-order valence-electron chi connectivity index (χ2n) is 5.19. The first-order valence-electron chi connectivity index (χ1n) is 6.96. The van der Waals surface area contributed by atoms with Gasteiger partial charge in [-0.05, 0) is 41.8 Å². The zero-order valence-electron chi connectivity index (χ0n) is 11.5. The van der Waals surface area contributed by atoms with Crippen molar-refractivity contribution in [3.05, 3.63) is 63.6 Å². The van der Waals surface area contributed by atoms with Gasteiger partial charge in [0.15, 0.2) is 0 Å². The number of hydrogen-bond donors (Lipinski definition) is 1. The second-order valence-corrected chi connectivity index (χ2v) is 6.11. The smallest absolute Gasteiger partial charge is 0.122 e. The molecule has 0 saturated carbocycles. The van der Waals surface area contributed by atoms with Crippen LogP contribution in [0.25, 0.3) is 0 Å². The van der Waals surface area contributed by atoms with Gasteiger partial charge in [0.05, 0.1) is 6.61 Å². The second kappa shape index (κ2) is 5.98. The predicted octanol–water partition coefficient (Wildman–Crippen LogP) is 4.23. The third-order valence-corrected chi connectivity index (χ3v) is 4.26. The molecule has 20 heavy (non-hydrogen) atoms. The summed E-state index contributed by atoms with van der Waals surface area (Å²) >= 11 is 3.47. The van der Waals surface area contributed by atoms with Gasteiger partial charge in [0, 0.05) is 23.5 Å². The molecule has 1 aliphatic rings. The Morgan fingerprint density at radius 3 is 2.80 bits per heavy atom. The van der Waals surface area contributed by atoms with Crippen molar-refractivity contribution >= 4 is 15.9 Å². The Labute approximate surface area is 128 Å². The van der Waals surface area contributed by atoms with E-state index in [9.17, 15) is 0 Å². The van der Waals surface area contributed by atoms with E-state index < -0.39 is 0 Å². The maximum atomic E-state index is 5.53. The molecule has 3 heteroatoms. The van der Waals surface area contributed by atoms with E-state index in [-0.39, 0.29) is 0 Å². The molecule has 0 aromatic heterocycles. The van der Waals surface area contributed by atoms with Crippen molar-refractivity contribution in [2.24, 2.45) is 0 Å². The fourth-order valence-electron chi connectivity index (χ4n) is 2.49. The summed E-state index contributed by atoms with van der Waals surface area (Å²) in [4.78, 5) is 0. The van der Waals surface area contributed by atoms with Crippen molar-refractivity contribution in [1.29, 1.82) is 0 Å². The standard InChI is InChI=1S/C17H18BrNO/c1-12(14-3-5-16(18)6-4-14)19-11-13-2-7-17-15(10-13)8-9-20-17/h2-7,10,12,19H,8-9,11H2,1H3. The van der Waals surface area contributed by atoms with Crippen LogP contribution in [0.2, 0.25) is 0 Å². The van der Waals surface area contributed by atoms with Crippen LogP contribution in [0.4, 0.5) is 0 Å². The van der Waals surface area contributed by atoms with Crippen LogP contribution in [0.3, 0.4) is 0 Å².